The lowest BCUT2D eigenvalue weighted by molar-refractivity contribution is -0.0590. The molecule has 1 N–H and O–H groups in total. The normalized spacial score (nSPS) is 11.8. The van der Waals surface area contributed by atoms with E-state index in [1.165, 1.54) is 0 Å². The van der Waals surface area contributed by atoms with Gasteiger partial charge in [0.25, 0.3) is 0 Å². The fraction of sp³-hybridized carbons (Fsp3) is 0.524. The highest BCUT2D eigenvalue weighted by Gasteiger charge is 2.11. The third kappa shape index (κ3) is 10.1. The standard InChI is InChI=1S/C21H31Cl2NO4/c1-7-17-13-18(26-9-8-19(22)23)12-15(2)20(17)27-11-10-25-14-16(3)24-28-21(4,5)6/h8,12-14,24H,7,9-11H2,1-6H3. The van der Waals surface area contributed by atoms with E-state index < -0.39 is 0 Å². The number of aryl methyl sites for hydroxylation is 2. The van der Waals surface area contributed by atoms with Crippen molar-refractivity contribution in [1.82, 2.24) is 5.48 Å². The van der Waals surface area contributed by atoms with Crippen LogP contribution in [0.15, 0.2) is 34.7 Å². The van der Waals surface area contributed by atoms with Crippen LogP contribution >= 0.6 is 23.2 Å². The summed E-state index contributed by atoms with van der Waals surface area (Å²) in [4.78, 5) is 5.46. The molecule has 0 aliphatic heterocycles. The zero-order valence-corrected chi connectivity index (χ0v) is 19.0. The molecular weight excluding hydrogens is 401 g/mol. The van der Waals surface area contributed by atoms with Crippen molar-refractivity contribution in [2.75, 3.05) is 19.8 Å². The van der Waals surface area contributed by atoms with Crippen molar-refractivity contribution >= 4 is 23.2 Å². The van der Waals surface area contributed by atoms with Gasteiger partial charge in [0, 0.05) is 0 Å². The molecule has 28 heavy (non-hydrogen) atoms. The van der Waals surface area contributed by atoms with E-state index in [1.807, 2.05) is 46.8 Å². The summed E-state index contributed by atoms with van der Waals surface area (Å²) in [5.41, 5.74) is 5.44. The van der Waals surface area contributed by atoms with Crippen LogP contribution in [-0.2, 0) is 16.0 Å². The lowest BCUT2D eigenvalue weighted by Crippen LogP contribution is -2.28. The second kappa shape index (κ2) is 12.1. The summed E-state index contributed by atoms with van der Waals surface area (Å²) in [7, 11) is 0. The molecule has 0 unspecified atom stereocenters. The van der Waals surface area contributed by atoms with Crippen LogP contribution in [0.2, 0.25) is 0 Å². The van der Waals surface area contributed by atoms with Crippen molar-refractivity contribution in [2.24, 2.45) is 0 Å². The number of nitrogens with one attached hydrogen (secondary N) is 1. The second-order valence-electron chi connectivity index (χ2n) is 7.22. The number of ether oxygens (including phenoxy) is 3. The fourth-order valence-corrected chi connectivity index (χ4v) is 2.32. The molecule has 1 aromatic carbocycles. The van der Waals surface area contributed by atoms with E-state index in [9.17, 15) is 0 Å². The van der Waals surface area contributed by atoms with Crippen molar-refractivity contribution in [2.45, 2.75) is 53.6 Å². The van der Waals surface area contributed by atoms with Crippen LogP contribution in [0, 0.1) is 6.92 Å². The third-order valence-electron chi connectivity index (χ3n) is 3.42. The Labute approximate surface area is 178 Å². The third-order valence-corrected chi connectivity index (χ3v) is 3.73. The van der Waals surface area contributed by atoms with Gasteiger partial charge in [-0.1, -0.05) is 30.1 Å². The molecule has 0 saturated heterocycles. The molecule has 5 nitrogen and oxygen atoms in total. The summed E-state index contributed by atoms with van der Waals surface area (Å²) in [6, 6.07) is 3.90. The maximum Gasteiger partial charge on any atom is 0.125 e. The molecule has 1 rings (SSSR count). The highest BCUT2D eigenvalue weighted by molar-refractivity contribution is 6.55. The number of hydrogen-bond donors (Lipinski definition) is 1. The predicted octanol–water partition coefficient (Wildman–Crippen LogP) is 5.83. The average Bonchev–Trinajstić information content (AvgIpc) is 2.59. The second-order valence-corrected chi connectivity index (χ2v) is 8.23. The Morgan fingerprint density at radius 1 is 1.14 bits per heavy atom. The van der Waals surface area contributed by atoms with Gasteiger partial charge in [-0.3, -0.25) is 10.3 Å². The molecule has 0 radical (unpaired) electrons. The summed E-state index contributed by atoms with van der Waals surface area (Å²) in [5.74, 6) is 1.62. The van der Waals surface area contributed by atoms with Crippen LogP contribution < -0.4 is 15.0 Å². The van der Waals surface area contributed by atoms with E-state index >= 15 is 0 Å². The number of rotatable bonds is 11. The highest BCUT2D eigenvalue weighted by atomic mass is 35.5. The van der Waals surface area contributed by atoms with E-state index in [1.54, 1.807) is 12.3 Å². The van der Waals surface area contributed by atoms with Crippen LogP contribution in [-0.4, -0.2) is 25.4 Å². The minimum atomic E-state index is -0.269. The Morgan fingerprint density at radius 3 is 2.46 bits per heavy atom. The molecular formula is C21H31Cl2NO4. The van der Waals surface area contributed by atoms with Crippen molar-refractivity contribution in [3.8, 4) is 11.5 Å². The van der Waals surface area contributed by atoms with Gasteiger partial charge in [-0.2, -0.15) is 0 Å². The molecule has 0 fully saturated rings. The number of allylic oxidation sites excluding steroid dienone is 1. The summed E-state index contributed by atoms with van der Waals surface area (Å²) in [6.07, 6.45) is 4.05. The first kappa shape index (κ1) is 24.5. The van der Waals surface area contributed by atoms with Gasteiger partial charge in [0.1, 0.15) is 42.1 Å². The molecule has 0 bridgehead atoms. The number of hydroxylamine groups is 1. The number of benzene rings is 1. The van der Waals surface area contributed by atoms with Gasteiger partial charge in [0.15, 0.2) is 0 Å². The van der Waals surface area contributed by atoms with Gasteiger partial charge in [0.05, 0.1) is 11.3 Å². The van der Waals surface area contributed by atoms with Crippen LogP contribution in [0.4, 0.5) is 0 Å². The van der Waals surface area contributed by atoms with Gasteiger partial charge in [-0.05, 0) is 70.4 Å². The highest BCUT2D eigenvalue weighted by Crippen LogP contribution is 2.29. The van der Waals surface area contributed by atoms with E-state index in [2.05, 4.69) is 12.4 Å². The zero-order valence-electron chi connectivity index (χ0n) is 17.5. The Hall–Kier alpha value is -1.56. The Balaban J connectivity index is 2.54. The number of halogens is 2. The smallest absolute Gasteiger partial charge is 0.125 e. The van der Waals surface area contributed by atoms with Crippen LogP contribution in [0.5, 0.6) is 11.5 Å². The first-order valence-electron chi connectivity index (χ1n) is 9.25. The summed E-state index contributed by atoms with van der Waals surface area (Å²) in [6.45, 7) is 13.0. The molecule has 0 spiro atoms. The Kier molecular flexibility index (Phi) is 10.6. The van der Waals surface area contributed by atoms with E-state index in [0.29, 0.717) is 19.8 Å². The molecule has 0 aromatic heterocycles. The predicted molar refractivity (Wildman–Crippen MR) is 115 cm³/mol. The van der Waals surface area contributed by atoms with Crippen LogP contribution in [0.25, 0.3) is 0 Å². The van der Waals surface area contributed by atoms with Gasteiger partial charge < -0.3 is 14.2 Å². The Morgan fingerprint density at radius 2 is 1.86 bits per heavy atom. The molecule has 158 valence electrons. The molecule has 0 aliphatic rings. The SMILES string of the molecule is CCc1cc(OCC=C(Cl)Cl)cc(C)c1OCCOC=C(C)NOC(C)(C)C. The summed E-state index contributed by atoms with van der Waals surface area (Å²) >= 11 is 11.2. The molecule has 0 heterocycles. The van der Waals surface area contributed by atoms with Gasteiger partial charge in [-0.15, -0.1) is 0 Å². The monoisotopic (exact) mass is 431 g/mol. The molecule has 0 aliphatic carbocycles. The minimum absolute atomic E-state index is 0.192. The van der Waals surface area contributed by atoms with Crippen molar-refractivity contribution in [3.05, 3.63) is 45.8 Å². The molecule has 0 saturated carbocycles. The Bertz CT molecular complexity index is 678. The molecule has 0 amide bonds. The van der Waals surface area contributed by atoms with Gasteiger partial charge in [0.2, 0.25) is 0 Å². The van der Waals surface area contributed by atoms with Crippen molar-refractivity contribution in [3.63, 3.8) is 0 Å². The number of hydrogen-bond acceptors (Lipinski definition) is 5. The van der Waals surface area contributed by atoms with Crippen LogP contribution in [0.1, 0.15) is 45.7 Å². The largest absolute Gasteiger partial charge is 0.496 e. The van der Waals surface area contributed by atoms with Crippen molar-refractivity contribution < 1.29 is 19.0 Å². The molecule has 7 heteroatoms. The zero-order chi connectivity index (χ0) is 21.2. The maximum absolute atomic E-state index is 5.94. The van der Waals surface area contributed by atoms with E-state index in [0.717, 1.165) is 34.7 Å². The summed E-state index contributed by atoms with van der Waals surface area (Å²) in [5, 5.41) is 0. The average molecular weight is 432 g/mol. The first-order chi connectivity index (χ1) is 13.1. The van der Waals surface area contributed by atoms with Gasteiger partial charge >= 0.3 is 0 Å². The minimum Gasteiger partial charge on any atom is -0.496 e. The lowest BCUT2D eigenvalue weighted by atomic mass is 10.1. The maximum atomic E-state index is 5.94. The quantitative estimate of drug-likeness (QED) is 0.271. The van der Waals surface area contributed by atoms with E-state index in [-0.39, 0.29) is 10.1 Å². The van der Waals surface area contributed by atoms with Gasteiger partial charge in [-0.25, -0.2) is 0 Å². The topological polar surface area (TPSA) is 49.0 Å². The summed E-state index contributed by atoms with van der Waals surface area (Å²) < 4.78 is 17.3. The molecule has 0 atom stereocenters. The van der Waals surface area contributed by atoms with E-state index in [4.69, 9.17) is 42.3 Å². The first-order valence-corrected chi connectivity index (χ1v) is 10.0. The fourth-order valence-electron chi connectivity index (χ4n) is 2.20. The van der Waals surface area contributed by atoms with Crippen molar-refractivity contribution in [1.29, 1.82) is 0 Å². The lowest BCUT2D eigenvalue weighted by Gasteiger charge is -2.20. The van der Waals surface area contributed by atoms with Crippen LogP contribution in [0.3, 0.4) is 0 Å². The molecule has 1 aromatic rings.